The first-order chi connectivity index (χ1) is 9.25. The maximum atomic E-state index is 11.9. The Labute approximate surface area is 117 Å². The van der Waals surface area contributed by atoms with Crippen molar-refractivity contribution >= 4 is 17.7 Å². The van der Waals surface area contributed by atoms with Gasteiger partial charge >= 0.3 is 5.97 Å². The Morgan fingerprint density at radius 3 is 2.26 bits per heavy atom. The molecule has 1 unspecified atom stereocenters. The van der Waals surface area contributed by atoms with E-state index in [0.717, 1.165) is 10.5 Å². The first kappa shape index (κ1) is 13.7. The molecule has 2 aromatic carbocycles. The van der Waals surface area contributed by atoms with Crippen LogP contribution >= 0.6 is 11.8 Å². The minimum Gasteiger partial charge on any atom is -0.460 e. The van der Waals surface area contributed by atoms with Crippen LogP contribution in [-0.2, 0) is 16.1 Å². The summed E-state index contributed by atoms with van der Waals surface area (Å²) < 4.78 is 5.30. The smallest absolute Gasteiger partial charge is 0.319 e. The van der Waals surface area contributed by atoms with Gasteiger partial charge < -0.3 is 4.74 Å². The molecule has 0 bridgehead atoms. The van der Waals surface area contributed by atoms with Gasteiger partial charge in [0.2, 0.25) is 0 Å². The van der Waals surface area contributed by atoms with Crippen LogP contribution in [0.2, 0.25) is 0 Å². The lowest BCUT2D eigenvalue weighted by atomic mass is 10.2. The number of carbonyl (C=O) groups is 1. The molecule has 1 atom stereocenters. The quantitative estimate of drug-likeness (QED) is 0.610. The summed E-state index contributed by atoms with van der Waals surface area (Å²) in [6.45, 7) is 2.20. The van der Waals surface area contributed by atoms with Crippen LogP contribution in [0.4, 0.5) is 0 Å². The predicted molar refractivity (Wildman–Crippen MR) is 78.0 cm³/mol. The molecule has 2 rings (SSSR count). The third kappa shape index (κ3) is 4.45. The molecule has 3 heteroatoms. The largest absolute Gasteiger partial charge is 0.460 e. The van der Waals surface area contributed by atoms with E-state index in [9.17, 15) is 4.79 Å². The van der Waals surface area contributed by atoms with Crippen molar-refractivity contribution < 1.29 is 9.53 Å². The maximum Gasteiger partial charge on any atom is 0.319 e. The van der Waals surface area contributed by atoms with Crippen molar-refractivity contribution in [1.82, 2.24) is 0 Å². The summed E-state index contributed by atoms with van der Waals surface area (Å²) in [5.74, 6) is -0.183. The number of esters is 1. The van der Waals surface area contributed by atoms with E-state index >= 15 is 0 Å². The lowest BCUT2D eigenvalue weighted by Crippen LogP contribution is -2.16. The Bertz CT molecular complexity index is 511. The summed E-state index contributed by atoms with van der Waals surface area (Å²) in [6, 6.07) is 19.6. The lowest BCUT2D eigenvalue weighted by molar-refractivity contribution is -0.143. The number of ether oxygens (including phenoxy) is 1. The highest BCUT2D eigenvalue weighted by Crippen LogP contribution is 2.23. The number of thioether (sulfide) groups is 1. The molecule has 0 aromatic heterocycles. The van der Waals surface area contributed by atoms with E-state index < -0.39 is 0 Å². The van der Waals surface area contributed by atoms with Gasteiger partial charge in [-0.3, -0.25) is 4.79 Å². The zero-order chi connectivity index (χ0) is 13.5. The van der Waals surface area contributed by atoms with E-state index in [1.807, 2.05) is 67.6 Å². The van der Waals surface area contributed by atoms with Crippen molar-refractivity contribution in [1.29, 1.82) is 0 Å². The first-order valence-corrected chi connectivity index (χ1v) is 7.06. The Kier molecular flexibility index (Phi) is 5.04. The first-order valence-electron chi connectivity index (χ1n) is 6.18. The normalized spacial score (nSPS) is 11.8. The van der Waals surface area contributed by atoms with Crippen LogP contribution in [0.1, 0.15) is 12.5 Å². The van der Waals surface area contributed by atoms with Gasteiger partial charge in [-0.15, -0.1) is 11.8 Å². The van der Waals surface area contributed by atoms with E-state index in [4.69, 9.17) is 4.74 Å². The number of carbonyl (C=O) groups excluding carboxylic acids is 1. The standard InChI is InChI=1S/C16H16O2S/c1-13(19-15-10-6-3-7-11-15)16(17)18-12-14-8-4-2-5-9-14/h2-11,13H,12H2,1H3. The maximum absolute atomic E-state index is 11.9. The highest BCUT2D eigenvalue weighted by atomic mass is 32.2. The van der Waals surface area contributed by atoms with Gasteiger partial charge in [0.1, 0.15) is 11.9 Å². The van der Waals surface area contributed by atoms with Gasteiger partial charge in [-0.2, -0.15) is 0 Å². The summed E-state index contributed by atoms with van der Waals surface area (Å²) in [5.41, 5.74) is 1.01. The average Bonchev–Trinajstić information content (AvgIpc) is 2.47. The van der Waals surface area contributed by atoms with Crippen LogP contribution in [0.3, 0.4) is 0 Å². The second-order valence-corrected chi connectivity index (χ2v) is 5.58. The molecule has 2 aromatic rings. The van der Waals surface area contributed by atoms with E-state index in [1.54, 1.807) is 0 Å². The van der Waals surface area contributed by atoms with Crippen molar-refractivity contribution in [2.45, 2.75) is 23.7 Å². The van der Waals surface area contributed by atoms with E-state index in [1.165, 1.54) is 11.8 Å². The number of hydrogen-bond acceptors (Lipinski definition) is 3. The van der Waals surface area contributed by atoms with Gasteiger partial charge in [0, 0.05) is 4.90 Å². The molecular weight excluding hydrogens is 256 g/mol. The third-order valence-electron chi connectivity index (χ3n) is 2.61. The van der Waals surface area contributed by atoms with Crippen molar-refractivity contribution in [2.24, 2.45) is 0 Å². The van der Waals surface area contributed by atoms with E-state index in [0.29, 0.717) is 6.61 Å². The molecule has 19 heavy (non-hydrogen) atoms. The summed E-state index contributed by atoms with van der Waals surface area (Å²) in [5, 5.41) is -0.203. The topological polar surface area (TPSA) is 26.3 Å². The zero-order valence-corrected chi connectivity index (χ0v) is 11.6. The molecule has 0 fully saturated rings. The van der Waals surface area contributed by atoms with Gasteiger partial charge in [0.15, 0.2) is 0 Å². The number of benzene rings is 2. The molecule has 0 amide bonds. The molecule has 0 spiro atoms. The molecule has 0 heterocycles. The molecule has 0 aliphatic carbocycles. The van der Waals surface area contributed by atoms with Gasteiger partial charge in [-0.25, -0.2) is 0 Å². The molecule has 0 radical (unpaired) electrons. The molecule has 2 nitrogen and oxygen atoms in total. The van der Waals surface area contributed by atoms with Crippen molar-refractivity contribution in [3.05, 3.63) is 66.2 Å². The van der Waals surface area contributed by atoms with Crippen molar-refractivity contribution in [2.75, 3.05) is 0 Å². The molecule has 0 saturated heterocycles. The third-order valence-corrected chi connectivity index (χ3v) is 3.70. The molecular formula is C16H16O2S. The molecule has 0 saturated carbocycles. The Balaban J connectivity index is 1.83. The van der Waals surface area contributed by atoms with Crippen molar-refractivity contribution in [3.8, 4) is 0 Å². The fourth-order valence-electron chi connectivity index (χ4n) is 1.60. The molecule has 0 aliphatic heterocycles. The molecule has 0 aliphatic rings. The van der Waals surface area contributed by atoms with Crippen LogP contribution in [0, 0.1) is 0 Å². The van der Waals surface area contributed by atoms with E-state index in [2.05, 4.69) is 0 Å². The van der Waals surface area contributed by atoms with Gasteiger partial charge in [0.05, 0.1) is 0 Å². The summed E-state index contributed by atoms with van der Waals surface area (Å²) in [6.07, 6.45) is 0. The second kappa shape index (κ2) is 7.00. The highest BCUT2D eigenvalue weighted by molar-refractivity contribution is 8.00. The van der Waals surface area contributed by atoms with Crippen LogP contribution < -0.4 is 0 Å². The number of hydrogen-bond donors (Lipinski definition) is 0. The fraction of sp³-hybridized carbons (Fsp3) is 0.188. The van der Waals surface area contributed by atoms with Crippen LogP contribution in [0.25, 0.3) is 0 Å². The van der Waals surface area contributed by atoms with Crippen LogP contribution in [0.5, 0.6) is 0 Å². The van der Waals surface area contributed by atoms with Crippen LogP contribution in [-0.4, -0.2) is 11.2 Å². The summed E-state index contributed by atoms with van der Waals surface area (Å²) in [4.78, 5) is 13.0. The van der Waals surface area contributed by atoms with Crippen molar-refractivity contribution in [3.63, 3.8) is 0 Å². The lowest BCUT2D eigenvalue weighted by Gasteiger charge is -2.11. The summed E-state index contributed by atoms with van der Waals surface area (Å²) in [7, 11) is 0. The SMILES string of the molecule is CC(Sc1ccccc1)C(=O)OCc1ccccc1. The monoisotopic (exact) mass is 272 g/mol. The van der Waals surface area contributed by atoms with Gasteiger partial charge in [0.25, 0.3) is 0 Å². The van der Waals surface area contributed by atoms with Gasteiger partial charge in [-0.05, 0) is 24.6 Å². The van der Waals surface area contributed by atoms with Crippen LogP contribution in [0.15, 0.2) is 65.6 Å². The average molecular weight is 272 g/mol. The molecule has 98 valence electrons. The minimum absolute atomic E-state index is 0.183. The molecule has 0 N–H and O–H groups in total. The minimum atomic E-state index is -0.203. The Morgan fingerprint density at radius 2 is 1.63 bits per heavy atom. The van der Waals surface area contributed by atoms with E-state index in [-0.39, 0.29) is 11.2 Å². The zero-order valence-electron chi connectivity index (χ0n) is 10.8. The summed E-state index contributed by atoms with van der Waals surface area (Å²) >= 11 is 1.51. The number of rotatable bonds is 5. The predicted octanol–water partition coefficient (Wildman–Crippen LogP) is 3.91. The second-order valence-electron chi connectivity index (χ2n) is 4.17. The fourth-order valence-corrected chi connectivity index (χ4v) is 2.48. The Hall–Kier alpha value is -1.74. The highest BCUT2D eigenvalue weighted by Gasteiger charge is 2.15. The Morgan fingerprint density at radius 1 is 1.05 bits per heavy atom. The van der Waals surface area contributed by atoms with Gasteiger partial charge in [-0.1, -0.05) is 48.5 Å².